The molecule has 0 aliphatic carbocycles. The second-order valence-electron chi connectivity index (χ2n) is 5.32. The Balaban J connectivity index is 2.13. The van der Waals surface area contributed by atoms with Crippen LogP contribution in [0.15, 0.2) is 12.1 Å². The van der Waals surface area contributed by atoms with E-state index in [-0.39, 0.29) is 11.8 Å². The standard InChI is InChI=1S/C12H17N5O4/c1-12(20)8(19)7(4-18)21-9(12)5-2-3-6-10(13)15-11(14)16-17(5)6/h2-3,7-9,18-20H,4H2,1H3,(H4,13,14,15,16)/t7-,8-,9+,12-/m1/s1. The minimum absolute atomic E-state index is 0.0191. The summed E-state index contributed by atoms with van der Waals surface area (Å²) in [4.78, 5) is 3.86. The summed E-state index contributed by atoms with van der Waals surface area (Å²) in [5.74, 6) is 0.181. The molecule has 9 heteroatoms. The summed E-state index contributed by atoms with van der Waals surface area (Å²) in [5, 5.41) is 33.8. The van der Waals surface area contributed by atoms with Crippen molar-refractivity contribution >= 4 is 17.3 Å². The van der Waals surface area contributed by atoms with Crippen molar-refractivity contribution in [2.75, 3.05) is 18.1 Å². The van der Waals surface area contributed by atoms with Crippen LogP contribution in [0.2, 0.25) is 0 Å². The summed E-state index contributed by atoms with van der Waals surface area (Å²) in [6.45, 7) is 1.03. The van der Waals surface area contributed by atoms with E-state index in [2.05, 4.69) is 10.1 Å². The molecular formula is C12H17N5O4. The zero-order chi connectivity index (χ0) is 15.4. The van der Waals surface area contributed by atoms with E-state index >= 15 is 0 Å². The van der Waals surface area contributed by atoms with Crippen molar-refractivity contribution in [2.24, 2.45) is 0 Å². The molecule has 0 spiro atoms. The first-order valence-corrected chi connectivity index (χ1v) is 6.43. The first kappa shape index (κ1) is 14.0. The van der Waals surface area contributed by atoms with E-state index in [9.17, 15) is 15.3 Å². The maximum Gasteiger partial charge on any atom is 0.240 e. The molecule has 0 saturated carbocycles. The molecule has 4 atom stereocenters. The lowest BCUT2D eigenvalue weighted by molar-refractivity contribution is -0.0664. The van der Waals surface area contributed by atoms with Crippen molar-refractivity contribution < 1.29 is 20.1 Å². The lowest BCUT2D eigenvalue weighted by Crippen LogP contribution is -2.43. The summed E-state index contributed by atoms with van der Waals surface area (Å²) in [7, 11) is 0. The quantitative estimate of drug-likeness (QED) is 0.446. The molecule has 0 amide bonds. The van der Waals surface area contributed by atoms with Crippen LogP contribution in [0.1, 0.15) is 18.7 Å². The minimum atomic E-state index is -1.59. The Kier molecular flexibility index (Phi) is 3.02. The molecule has 1 aliphatic rings. The number of aliphatic hydroxyl groups excluding tert-OH is 2. The fraction of sp³-hybridized carbons (Fsp3) is 0.500. The number of hydrogen-bond donors (Lipinski definition) is 5. The highest BCUT2D eigenvalue weighted by Gasteiger charge is 2.53. The van der Waals surface area contributed by atoms with Gasteiger partial charge in [0.05, 0.1) is 12.3 Å². The third kappa shape index (κ3) is 1.94. The third-order valence-electron chi connectivity index (χ3n) is 3.83. The molecular weight excluding hydrogens is 278 g/mol. The van der Waals surface area contributed by atoms with Crippen molar-refractivity contribution in [2.45, 2.75) is 30.8 Å². The number of nitrogen functional groups attached to an aromatic ring is 2. The van der Waals surface area contributed by atoms with E-state index in [0.717, 1.165) is 0 Å². The zero-order valence-electron chi connectivity index (χ0n) is 11.3. The van der Waals surface area contributed by atoms with Gasteiger partial charge in [0.25, 0.3) is 0 Å². The van der Waals surface area contributed by atoms with Gasteiger partial charge in [-0.25, -0.2) is 4.52 Å². The van der Waals surface area contributed by atoms with Crippen molar-refractivity contribution in [1.82, 2.24) is 14.6 Å². The highest BCUT2D eigenvalue weighted by molar-refractivity contribution is 5.67. The minimum Gasteiger partial charge on any atom is -0.394 e. The predicted molar refractivity (Wildman–Crippen MR) is 73.1 cm³/mol. The average molecular weight is 295 g/mol. The number of ether oxygens (including phenoxy) is 1. The number of rotatable bonds is 2. The Morgan fingerprint density at radius 3 is 2.76 bits per heavy atom. The van der Waals surface area contributed by atoms with Gasteiger partial charge in [0.2, 0.25) is 5.95 Å². The van der Waals surface area contributed by atoms with Gasteiger partial charge in [-0.15, -0.1) is 5.10 Å². The maximum absolute atomic E-state index is 10.5. The molecule has 0 unspecified atom stereocenters. The Bertz CT molecular complexity index is 686. The number of nitrogens with zero attached hydrogens (tertiary/aromatic N) is 3. The van der Waals surface area contributed by atoms with Gasteiger partial charge >= 0.3 is 0 Å². The first-order valence-electron chi connectivity index (χ1n) is 6.43. The lowest BCUT2D eigenvalue weighted by atomic mass is 9.91. The fourth-order valence-electron chi connectivity index (χ4n) is 2.68. The molecule has 7 N–H and O–H groups in total. The van der Waals surface area contributed by atoms with Crippen LogP contribution < -0.4 is 11.5 Å². The Labute approximate surface area is 119 Å². The number of anilines is 2. The summed E-state index contributed by atoms with van der Waals surface area (Å²) < 4.78 is 6.98. The Morgan fingerprint density at radius 1 is 1.43 bits per heavy atom. The molecule has 2 aromatic heterocycles. The molecule has 21 heavy (non-hydrogen) atoms. The number of hydrogen-bond acceptors (Lipinski definition) is 8. The molecule has 0 radical (unpaired) electrons. The normalized spacial score (nSPS) is 32.9. The van der Waals surface area contributed by atoms with Crippen LogP contribution in [0, 0.1) is 0 Å². The smallest absolute Gasteiger partial charge is 0.240 e. The van der Waals surface area contributed by atoms with Gasteiger partial charge in [-0.05, 0) is 19.1 Å². The van der Waals surface area contributed by atoms with E-state index in [0.29, 0.717) is 11.2 Å². The fourth-order valence-corrected chi connectivity index (χ4v) is 2.68. The number of aromatic nitrogens is 3. The average Bonchev–Trinajstić information content (AvgIpc) is 2.91. The van der Waals surface area contributed by atoms with Gasteiger partial charge in [0, 0.05) is 0 Å². The number of aliphatic hydroxyl groups is 3. The van der Waals surface area contributed by atoms with E-state index in [4.69, 9.17) is 16.2 Å². The monoisotopic (exact) mass is 295 g/mol. The van der Waals surface area contributed by atoms with Crippen LogP contribution in [0.4, 0.5) is 11.8 Å². The largest absolute Gasteiger partial charge is 0.394 e. The predicted octanol–water partition coefficient (Wildman–Crippen LogP) is -1.56. The number of fused-ring (bicyclic) bond motifs is 1. The molecule has 3 heterocycles. The lowest BCUT2D eigenvalue weighted by Gasteiger charge is -2.26. The van der Waals surface area contributed by atoms with E-state index in [1.165, 1.54) is 11.4 Å². The molecule has 1 aliphatic heterocycles. The Hall–Kier alpha value is -1.94. The van der Waals surface area contributed by atoms with Crippen molar-refractivity contribution in [3.05, 3.63) is 17.8 Å². The summed E-state index contributed by atoms with van der Waals surface area (Å²) in [6, 6.07) is 3.33. The van der Waals surface area contributed by atoms with Gasteiger partial charge in [-0.2, -0.15) is 4.98 Å². The molecule has 0 bridgehead atoms. The zero-order valence-corrected chi connectivity index (χ0v) is 11.3. The molecule has 114 valence electrons. The molecule has 9 nitrogen and oxygen atoms in total. The first-order chi connectivity index (χ1) is 9.86. The highest BCUT2D eigenvalue weighted by Crippen LogP contribution is 2.41. The molecule has 0 aromatic carbocycles. The molecule has 1 fully saturated rings. The summed E-state index contributed by atoms with van der Waals surface area (Å²) in [5.41, 5.74) is 10.7. The van der Waals surface area contributed by atoms with E-state index in [1.807, 2.05) is 0 Å². The molecule has 2 aromatic rings. The Morgan fingerprint density at radius 2 is 2.14 bits per heavy atom. The van der Waals surface area contributed by atoms with Gasteiger partial charge in [0.1, 0.15) is 29.4 Å². The molecule has 3 rings (SSSR count). The highest BCUT2D eigenvalue weighted by atomic mass is 16.6. The van der Waals surface area contributed by atoms with Gasteiger partial charge in [0.15, 0.2) is 5.82 Å². The van der Waals surface area contributed by atoms with Gasteiger partial charge < -0.3 is 31.5 Å². The van der Waals surface area contributed by atoms with E-state index < -0.39 is 30.5 Å². The summed E-state index contributed by atoms with van der Waals surface area (Å²) >= 11 is 0. The van der Waals surface area contributed by atoms with Crippen LogP contribution in [-0.4, -0.2) is 54.3 Å². The third-order valence-corrected chi connectivity index (χ3v) is 3.83. The van der Waals surface area contributed by atoms with Gasteiger partial charge in [-0.1, -0.05) is 0 Å². The SMILES string of the molecule is C[C@@]1(O)[C@H](O)[C@@H](CO)O[C@H]1c1ccc2c(N)nc(N)nn12. The van der Waals surface area contributed by atoms with Crippen LogP contribution in [0.25, 0.3) is 5.52 Å². The summed E-state index contributed by atoms with van der Waals surface area (Å²) in [6.07, 6.45) is -3.00. The topological polar surface area (TPSA) is 152 Å². The van der Waals surface area contributed by atoms with E-state index in [1.54, 1.807) is 12.1 Å². The second kappa shape index (κ2) is 4.53. The van der Waals surface area contributed by atoms with Crippen LogP contribution in [0.3, 0.4) is 0 Å². The number of nitrogens with two attached hydrogens (primary N) is 2. The van der Waals surface area contributed by atoms with Crippen LogP contribution in [0.5, 0.6) is 0 Å². The van der Waals surface area contributed by atoms with Crippen molar-refractivity contribution in [1.29, 1.82) is 0 Å². The molecule has 1 saturated heterocycles. The van der Waals surface area contributed by atoms with Crippen molar-refractivity contribution in [3.8, 4) is 0 Å². The van der Waals surface area contributed by atoms with Crippen LogP contribution >= 0.6 is 0 Å². The second-order valence-corrected chi connectivity index (χ2v) is 5.32. The maximum atomic E-state index is 10.5. The van der Waals surface area contributed by atoms with Gasteiger partial charge in [-0.3, -0.25) is 0 Å². The van der Waals surface area contributed by atoms with Crippen LogP contribution in [-0.2, 0) is 4.74 Å². The van der Waals surface area contributed by atoms with Crippen molar-refractivity contribution in [3.63, 3.8) is 0 Å².